The van der Waals surface area contributed by atoms with Crippen LogP contribution in [-0.4, -0.2) is 24.5 Å². The standard InChI is InChI=1S/C19H28N2/c1-4-7-11-17(6-3)19(18-12-9-8-10-13-18)21(15-5-2)16-14-20/h4,6-13,19H,3,5,14-16,20H2,1-2H3/b7-4-,17-11+. The van der Waals surface area contributed by atoms with Gasteiger partial charge in [0.1, 0.15) is 0 Å². The average molecular weight is 284 g/mol. The van der Waals surface area contributed by atoms with E-state index in [2.05, 4.69) is 60.9 Å². The molecule has 21 heavy (non-hydrogen) atoms. The van der Waals surface area contributed by atoms with Gasteiger partial charge in [0.15, 0.2) is 0 Å². The monoisotopic (exact) mass is 284 g/mol. The molecule has 2 nitrogen and oxygen atoms in total. The summed E-state index contributed by atoms with van der Waals surface area (Å²) in [4.78, 5) is 2.44. The largest absolute Gasteiger partial charge is 0.329 e. The second kappa shape index (κ2) is 10.1. The summed E-state index contributed by atoms with van der Waals surface area (Å²) in [5.41, 5.74) is 8.31. The van der Waals surface area contributed by atoms with Crippen LogP contribution in [0.4, 0.5) is 0 Å². The SMILES string of the molecule is C=C/C(=C\C=C/C)C(c1ccccc1)N(CCC)CCN. The van der Waals surface area contributed by atoms with Crippen LogP contribution in [0.15, 0.2) is 66.8 Å². The maximum atomic E-state index is 5.82. The van der Waals surface area contributed by atoms with E-state index in [1.165, 1.54) is 11.1 Å². The molecule has 0 aliphatic rings. The van der Waals surface area contributed by atoms with Crippen molar-refractivity contribution < 1.29 is 0 Å². The molecule has 1 unspecified atom stereocenters. The van der Waals surface area contributed by atoms with E-state index in [1.807, 2.05) is 19.1 Å². The number of hydrogen-bond donors (Lipinski definition) is 1. The van der Waals surface area contributed by atoms with Crippen molar-refractivity contribution >= 4 is 0 Å². The maximum Gasteiger partial charge on any atom is 0.0602 e. The van der Waals surface area contributed by atoms with Crippen LogP contribution in [0.1, 0.15) is 31.9 Å². The Balaban J connectivity index is 3.23. The van der Waals surface area contributed by atoms with Gasteiger partial charge in [-0.05, 0) is 31.0 Å². The number of allylic oxidation sites excluding steroid dienone is 3. The summed E-state index contributed by atoms with van der Waals surface area (Å²) < 4.78 is 0. The number of hydrogen-bond acceptors (Lipinski definition) is 2. The van der Waals surface area contributed by atoms with Crippen LogP contribution in [0.5, 0.6) is 0 Å². The normalized spacial score (nSPS) is 13.8. The molecule has 0 spiro atoms. The van der Waals surface area contributed by atoms with Gasteiger partial charge in [-0.25, -0.2) is 0 Å². The minimum atomic E-state index is 0.211. The van der Waals surface area contributed by atoms with Crippen molar-refractivity contribution in [3.63, 3.8) is 0 Å². The second-order valence-electron chi connectivity index (χ2n) is 5.03. The van der Waals surface area contributed by atoms with Crippen LogP contribution in [0.2, 0.25) is 0 Å². The smallest absolute Gasteiger partial charge is 0.0602 e. The fraction of sp³-hybridized carbons (Fsp3) is 0.368. The van der Waals surface area contributed by atoms with Gasteiger partial charge < -0.3 is 5.73 Å². The Bertz CT molecular complexity index is 454. The minimum absolute atomic E-state index is 0.211. The zero-order valence-electron chi connectivity index (χ0n) is 13.3. The Morgan fingerprint density at radius 2 is 2.00 bits per heavy atom. The summed E-state index contributed by atoms with van der Waals surface area (Å²) >= 11 is 0. The van der Waals surface area contributed by atoms with Crippen LogP contribution in [-0.2, 0) is 0 Å². The van der Waals surface area contributed by atoms with Crippen LogP contribution < -0.4 is 5.73 Å². The van der Waals surface area contributed by atoms with E-state index in [0.29, 0.717) is 6.54 Å². The molecular formula is C19H28N2. The van der Waals surface area contributed by atoms with Crippen molar-refractivity contribution in [3.8, 4) is 0 Å². The number of nitrogens with zero attached hydrogens (tertiary/aromatic N) is 1. The van der Waals surface area contributed by atoms with E-state index in [0.717, 1.165) is 19.5 Å². The van der Waals surface area contributed by atoms with Crippen LogP contribution in [0, 0.1) is 0 Å². The fourth-order valence-electron chi connectivity index (χ4n) is 2.55. The Morgan fingerprint density at radius 3 is 2.52 bits per heavy atom. The highest BCUT2D eigenvalue weighted by Crippen LogP contribution is 2.29. The number of rotatable bonds is 9. The molecule has 1 aromatic rings. The summed E-state index contributed by atoms with van der Waals surface area (Å²) in [6.07, 6.45) is 9.32. The van der Waals surface area contributed by atoms with E-state index < -0.39 is 0 Å². The third-order valence-corrected chi connectivity index (χ3v) is 3.44. The van der Waals surface area contributed by atoms with Crippen molar-refractivity contribution in [3.05, 3.63) is 72.4 Å². The quantitative estimate of drug-likeness (QED) is 0.692. The lowest BCUT2D eigenvalue weighted by Gasteiger charge is -2.32. The summed E-state index contributed by atoms with van der Waals surface area (Å²) in [6.45, 7) is 10.8. The van der Waals surface area contributed by atoms with E-state index in [4.69, 9.17) is 5.73 Å². The number of nitrogens with two attached hydrogens (primary N) is 1. The molecule has 0 aromatic heterocycles. The molecule has 114 valence electrons. The number of benzene rings is 1. The Morgan fingerprint density at radius 1 is 1.29 bits per heavy atom. The van der Waals surface area contributed by atoms with Gasteiger partial charge in [-0.1, -0.05) is 68.1 Å². The first-order valence-corrected chi connectivity index (χ1v) is 7.72. The zero-order chi connectivity index (χ0) is 15.5. The highest BCUT2D eigenvalue weighted by atomic mass is 15.2. The third kappa shape index (κ3) is 5.33. The molecule has 0 bridgehead atoms. The van der Waals surface area contributed by atoms with E-state index >= 15 is 0 Å². The first-order chi connectivity index (χ1) is 10.3. The van der Waals surface area contributed by atoms with Gasteiger partial charge >= 0.3 is 0 Å². The molecule has 0 amide bonds. The second-order valence-corrected chi connectivity index (χ2v) is 5.03. The van der Waals surface area contributed by atoms with Gasteiger partial charge in [0.05, 0.1) is 6.04 Å². The van der Waals surface area contributed by atoms with Crippen molar-refractivity contribution in [2.45, 2.75) is 26.3 Å². The van der Waals surface area contributed by atoms with Crippen molar-refractivity contribution in [1.82, 2.24) is 4.90 Å². The zero-order valence-corrected chi connectivity index (χ0v) is 13.3. The van der Waals surface area contributed by atoms with Crippen molar-refractivity contribution in [2.24, 2.45) is 5.73 Å². The van der Waals surface area contributed by atoms with Gasteiger partial charge in [-0.3, -0.25) is 4.90 Å². The molecule has 0 heterocycles. The molecule has 1 rings (SSSR count). The average Bonchev–Trinajstić information content (AvgIpc) is 2.52. The Labute approximate surface area is 129 Å². The topological polar surface area (TPSA) is 29.3 Å². The first kappa shape index (κ1) is 17.4. The lowest BCUT2D eigenvalue weighted by Crippen LogP contribution is -2.34. The molecule has 0 aliphatic heterocycles. The molecule has 2 heteroatoms. The Kier molecular flexibility index (Phi) is 8.41. The van der Waals surface area contributed by atoms with Gasteiger partial charge in [-0.2, -0.15) is 0 Å². The molecule has 0 radical (unpaired) electrons. The Hall–Kier alpha value is -1.64. The lowest BCUT2D eigenvalue weighted by molar-refractivity contribution is 0.231. The molecule has 0 aliphatic carbocycles. The van der Waals surface area contributed by atoms with Gasteiger partial charge in [0.2, 0.25) is 0 Å². The van der Waals surface area contributed by atoms with Crippen LogP contribution >= 0.6 is 0 Å². The van der Waals surface area contributed by atoms with Crippen LogP contribution in [0.3, 0.4) is 0 Å². The van der Waals surface area contributed by atoms with Gasteiger partial charge in [-0.15, -0.1) is 0 Å². The van der Waals surface area contributed by atoms with E-state index in [-0.39, 0.29) is 6.04 Å². The third-order valence-electron chi connectivity index (χ3n) is 3.44. The summed E-state index contributed by atoms with van der Waals surface area (Å²) in [5, 5.41) is 0. The van der Waals surface area contributed by atoms with Crippen LogP contribution in [0.25, 0.3) is 0 Å². The first-order valence-electron chi connectivity index (χ1n) is 7.72. The highest BCUT2D eigenvalue weighted by molar-refractivity contribution is 5.35. The lowest BCUT2D eigenvalue weighted by atomic mass is 9.96. The molecular weight excluding hydrogens is 256 g/mol. The maximum absolute atomic E-state index is 5.82. The molecule has 0 saturated carbocycles. The minimum Gasteiger partial charge on any atom is -0.329 e. The molecule has 1 aromatic carbocycles. The fourth-order valence-corrected chi connectivity index (χ4v) is 2.55. The summed E-state index contributed by atoms with van der Waals surface area (Å²) in [5.74, 6) is 0. The molecule has 1 atom stereocenters. The predicted octanol–water partition coefficient (Wildman–Crippen LogP) is 4.09. The molecule has 0 saturated heterocycles. The van der Waals surface area contributed by atoms with E-state index in [9.17, 15) is 0 Å². The highest BCUT2D eigenvalue weighted by Gasteiger charge is 2.21. The van der Waals surface area contributed by atoms with Crippen molar-refractivity contribution in [2.75, 3.05) is 19.6 Å². The summed E-state index contributed by atoms with van der Waals surface area (Å²) in [6, 6.07) is 10.8. The van der Waals surface area contributed by atoms with Gasteiger partial charge in [0, 0.05) is 13.1 Å². The molecule has 2 N–H and O–H groups in total. The van der Waals surface area contributed by atoms with Gasteiger partial charge in [0.25, 0.3) is 0 Å². The summed E-state index contributed by atoms with van der Waals surface area (Å²) in [7, 11) is 0. The van der Waals surface area contributed by atoms with E-state index in [1.54, 1.807) is 0 Å². The van der Waals surface area contributed by atoms with Crippen molar-refractivity contribution in [1.29, 1.82) is 0 Å². The predicted molar refractivity (Wildman–Crippen MR) is 93.2 cm³/mol. The molecule has 0 fully saturated rings.